The van der Waals surface area contributed by atoms with Gasteiger partial charge in [-0.2, -0.15) is 0 Å². The number of aromatic nitrogens is 2. The summed E-state index contributed by atoms with van der Waals surface area (Å²) >= 11 is 6.03. The first-order valence-electron chi connectivity index (χ1n) is 9.01. The van der Waals surface area contributed by atoms with Gasteiger partial charge in [0.25, 0.3) is 0 Å². The van der Waals surface area contributed by atoms with Crippen molar-refractivity contribution < 1.29 is 0 Å². The Labute approximate surface area is 153 Å². The Hall–Kier alpha value is -1.69. The minimum Gasteiger partial charge on any atom is -0.364 e. The van der Waals surface area contributed by atoms with Gasteiger partial charge in [-0.25, -0.2) is 0 Å². The number of nitrogens with zero attached hydrogens (tertiary/aromatic N) is 3. The molecule has 2 aliphatic heterocycles. The van der Waals surface area contributed by atoms with Crippen LogP contribution in [0.1, 0.15) is 24.0 Å². The number of likely N-dealkylation sites (N-methyl/N-ethyl adjacent to an activating group) is 1. The Balaban J connectivity index is 1.66. The number of piperidine rings is 1. The van der Waals surface area contributed by atoms with Crippen molar-refractivity contribution in [2.45, 2.75) is 31.8 Å². The standard InChI is InChI=1S/C19H24ClN5/c1-25-10-2-3-15(12-25)22-19-16-8-9-21-11-17(16)18(23-24-19)13-4-6-14(20)7-5-13/h4-7,15,21H,2-3,8-12H2,1H3,(H,22,24). The van der Waals surface area contributed by atoms with Crippen molar-refractivity contribution in [2.24, 2.45) is 0 Å². The van der Waals surface area contributed by atoms with Crippen LogP contribution >= 0.6 is 11.6 Å². The molecule has 6 heteroatoms. The molecule has 0 spiro atoms. The lowest BCUT2D eigenvalue weighted by Crippen LogP contribution is -2.40. The van der Waals surface area contributed by atoms with Gasteiger partial charge in [0.1, 0.15) is 0 Å². The number of nitrogens with one attached hydrogen (secondary N) is 2. The molecule has 1 fully saturated rings. The number of halogens is 1. The summed E-state index contributed by atoms with van der Waals surface area (Å²) in [5.41, 5.74) is 4.60. The lowest BCUT2D eigenvalue weighted by molar-refractivity contribution is 0.260. The molecule has 0 radical (unpaired) electrons. The molecule has 2 aliphatic rings. The fourth-order valence-corrected chi connectivity index (χ4v) is 3.95. The van der Waals surface area contributed by atoms with Crippen molar-refractivity contribution >= 4 is 17.4 Å². The molecule has 2 aromatic rings. The van der Waals surface area contributed by atoms with Crippen molar-refractivity contribution in [3.05, 3.63) is 40.4 Å². The molecule has 1 saturated heterocycles. The molecule has 132 valence electrons. The molecule has 25 heavy (non-hydrogen) atoms. The Morgan fingerprint density at radius 1 is 1.20 bits per heavy atom. The highest BCUT2D eigenvalue weighted by Gasteiger charge is 2.23. The lowest BCUT2D eigenvalue weighted by Gasteiger charge is -2.31. The second-order valence-corrected chi connectivity index (χ2v) is 7.47. The van der Waals surface area contributed by atoms with Gasteiger partial charge in [0.2, 0.25) is 0 Å². The highest BCUT2D eigenvalue weighted by atomic mass is 35.5. The third-order valence-corrected chi connectivity index (χ3v) is 5.37. The number of likely N-dealkylation sites (tertiary alicyclic amines) is 1. The topological polar surface area (TPSA) is 53.1 Å². The maximum Gasteiger partial charge on any atom is 0.152 e. The first-order valence-corrected chi connectivity index (χ1v) is 9.38. The van der Waals surface area contributed by atoms with Crippen molar-refractivity contribution in [1.82, 2.24) is 20.4 Å². The predicted octanol–water partition coefficient (Wildman–Crippen LogP) is 2.95. The average molecular weight is 358 g/mol. The summed E-state index contributed by atoms with van der Waals surface area (Å²) in [7, 11) is 2.18. The van der Waals surface area contributed by atoms with E-state index in [2.05, 4.69) is 32.8 Å². The van der Waals surface area contributed by atoms with Crippen LogP contribution in [0, 0.1) is 0 Å². The predicted molar refractivity (Wildman–Crippen MR) is 102 cm³/mol. The zero-order chi connectivity index (χ0) is 17.2. The molecule has 5 nitrogen and oxygen atoms in total. The largest absolute Gasteiger partial charge is 0.364 e. The van der Waals surface area contributed by atoms with E-state index in [1.165, 1.54) is 30.5 Å². The number of fused-ring (bicyclic) bond motifs is 1. The first kappa shape index (κ1) is 16.8. The number of rotatable bonds is 3. The second kappa shape index (κ2) is 7.28. The molecular formula is C19H24ClN5. The van der Waals surface area contributed by atoms with Crippen LogP contribution in [0.5, 0.6) is 0 Å². The zero-order valence-corrected chi connectivity index (χ0v) is 15.3. The van der Waals surface area contributed by atoms with Crippen LogP contribution in [0.25, 0.3) is 11.3 Å². The quantitative estimate of drug-likeness (QED) is 0.884. The second-order valence-electron chi connectivity index (χ2n) is 7.03. The molecule has 0 saturated carbocycles. The molecule has 1 aromatic carbocycles. The average Bonchev–Trinajstić information content (AvgIpc) is 2.63. The van der Waals surface area contributed by atoms with Gasteiger partial charge in [0.15, 0.2) is 5.82 Å². The minimum atomic E-state index is 0.452. The van der Waals surface area contributed by atoms with Gasteiger partial charge < -0.3 is 15.5 Å². The lowest BCUT2D eigenvalue weighted by atomic mass is 9.96. The van der Waals surface area contributed by atoms with E-state index in [4.69, 9.17) is 11.6 Å². The van der Waals surface area contributed by atoms with Crippen molar-refractivity contribution in [2.75, 3.05) is 32.0 Å². The van der Waals surface area contributed by atoms with Gasteiger partial charge in [0.05, 0.1) is 5.69 Å². The summed E-state index contributed by atoms with van der Waals surface area (Å²) in [6.45, 7) is 4.06. The normalized spacial score (nSPS) is 21.0. The van der Waals surface area contributed by atoms with E-state index in [0.29, 0.717) is 6.04 Å². The molecular weight excluding hydrogens is 334 g/mol. The Morgan fingerprint density at radius 3 is 2.84 bits per heavy atom. The van der Waals surface area contributed by atoms with E-state index in [1.807, 2.05) is 24.3 Å². The van der Waals surface area contributed by atoms with Gasteiger partial charge in [-0.3, -0.25) is 0 Å². The molecule has 0 bridgehead atoms. The summed E-state index contributed by atoms with van der Waals surface area (Å²) in [5, 5.41) is 17.0. The summed E-state index contributed by atoms with van der Waals surface area (Å²) in [5.74, 6) is 0.967. The van der Waals surface area contributed by atoms with Crippen LogP contribution in [-0.2, 0) is 13.0 Å². The number of hydrogen-bond donors (Lipinski definition) is 2. The van der Waals surface area contributed by atoms with Crippen molar-refractivity contribution in [3.8, 4) is 11.3 Å². The number of hydrogen-bond acceptors (Lipinski definition) is 5. The third kappa shape index (κ3) is 3.64. The van der Waals surface area contributed by atoms with Crippen LogP contribution in [-0.4, -0.2) is 47.8 Å². The highest BCUT2D eigenvalue weighted by molar-refractivity contribution is 6.30. The Bertz CT molecular complexity index is 746. The molecule has 0 aliphatic carbocycles. The van der Waals surface area contributed by atoms with Gasteiger partial charge in [0, 0.05) is 40.8 Å². The van der Waals surface area contributed by atoms with Crippen LogP contribution in [0.15, 0.2) is 24.3 Å². The summed E-state index contributed by atoms with van der Waals surface area (Å²) in [4.78, 5) is 2.38. The van der Waals surface area contributed by atoms with E-state index in [-0.39, 0.29) is 0 Å². The highest BCUT2D eigenvalue weighted by Crippen LogP contribution is 2.30. The molecule has 2 N–H and O–H groups in total. The van der Waals surface area contributed by atoms with Gasteiger partial charge in [-0.15, -0.1) is 10.2 Å². The maximum atomic E-state index is 6.03. The summed E-state index contributed by atoms with van der Waals surface area (Å²) in [6, 6.07) is 8.30. The molecule has 1 aromatic heterocycles. The van der Waals surface area contributed by atoms with E-state index < -0.39 is 0 Å². The van der Waals surface area contributed by atoms with E-state index in [1.54, 1.807) is 0 Å². The van der Waals surface area contributed by atoms with Crippen LogP contribution < -0.4 is 10.6 Å². The minimum absolute atomic E-state index is 0.452. The Morgan fingerprint density at radius 2 is 2.04 bits per heavy atom. The number of benzene rings is 1. The Kier molecular flexibility index (Phi) is 4.88. The van der Waals surface area contributed by atoms with E-state index in [9.17, 15) is 0 Å². The third-order valence-electron chi connectivity index (χ3n) is 5.12. The molecule has 4 rings (SSSR count). The molecule has 3 heterocycles. The summed E-state index contributed by atoms with van der Waals surface area (Å²) < 4.78 is 0. The van der Waals surface area contributed by atoms with Crippen LogP contribution in [0.4, 0.5) is 5.82 Å². The smallest absolute Gasteiger partial charge is 0.152 e. The maximum absolute atomic E-state index is 6.03. The van der Waals surface area contributed by atoms with Crippen molar-refractivity contribution in [3.63, 3.8) is 0 Å². The molecule has 1 atom stereocenters. The van der Waals surface area contributed by atoms with Crippen molar-refractivity contribution in [1.29, 1.82) is 0 Å². The van der Waals surface area contributed by atoms with Gasteiger partial charge in [-0.1, -0.05) is 23.7 Å². The van der Waals surface area contributed by atoms with Crippen LogP contribution in [0.2, 0.25) is 5.02 Å². The van der Waals surface area contributed by atoms with Crippen LogP contribution in [0.3, 0.4) is 0 Å². The fourth-order valence-electron chi connectivity index (χ4n) is 3.83. The monoisotopic (exact) mass is 357 g/mol. The fraction of sp³-hybridized carbons (Fsp3) is 0.474. The van der Waals surface area contributed by atoms with E-state index in [0.717, 1.165) is 48.2 Å². The molecule has 1 unspecified atom stereocenters. The zero-order valence-electron chi connectivity index (χ0n) is 14.6. The van der Waals surface area contributed by atoms with Gasteiger partial charge >= 0.3 is 0 Å². The number of anilines is 1. The first-order chi connectivity index (χ1) is 12.2. The van der Waals surface area contributed by atoms with E-state index >= 15 is 0 Å². The molecule has 0 amide bonds. The van der Waals surface area contributed by atoms with Gasteiger partial charge in [-0.05, 0) is 51.5 Å². The summed E-state index contributed by atoms with van der Waals surface area (Å²) in [6.07, 6.45) is 3.41. The SMILES string of the molecule is CN1CCCC(Nc2nnc(-c3ccc(Cl)cc3)c3c2CCNC3)C1.